The molecule has 3 rings (SSSR count). The number of carbonyl (C=O) groups is 1. The van der Waals surface area contributed by atoms with Gasteiger partial charge in [-0.3, -0.25) is 9.78 Å². The Kier molecular flexibility index (Phi) is 5.14. The fraction of sp³-hybridized carbons (Fsp3) is 0.158. The van der Waals surface area contributed by atoms with Crippen LogP contribution in [0.25, 0.3) is 10.9 Å². The lowest BCUT2D eigenvalue weighted by Crippen LogP contribution is -2.23. The van der Waals surface area contributed by atoms with E-state index < -0.39 is 5.91 Å². The molecule has 1 amide bonds. The number of pyridine rings is 1. The van der Waals surface area contributed by atoms with Crippen LogP contribution in [-0.2, 0) is 6.54 Å². The molecule has 0 unspecified atom stereocenters. The molecule has 3 aromatic rings. The highest BCUT2D eigenvalue weighted by Crippen LogP contribution is 2.36. The smallest absolute Gasteiger partial charge is 0.256 e. The van der Waals surface area contributed by atoms with Gasteiger partial charge in [-0.15, -0.1) is 0 Å². The van der Waals surface area contributed by atoms with E-state index in [4.69, 9.17) is 21.1 Å². The summed E-state index contributed by atoms with van der Waals surface area (Å²) in [7, 11) is 3.01. The van der Waals surface area contributed by atoms with Gasteiger partial charge in [-0.25, -0.2) is 0 Å². The van der Waals surface area contributed by atoms with Gasteiger partial charge in [-0.2, -0.15) is 0 Å². The van der Waals surface area contributed by atoms with Gasteiger partial charge in [0.2, 0.25) is 0 Å². The number of benzene rings is 2. The van der Waals surface area contributed by atoms with Crippen LogP contribution in [0.5, 0.6) is 17.2 Å². The summed E-state index contributed by atoms with van der Waals surface area (Å²) < 4.78 is 10.5. The van der Waals surface area contributed by atoms with E-state index in [1.54, 1.807) is 24.3 Å². The van der Waals surface area contributed by atoms with Crippen molar-refractivity contribution in [3.8, 4) is 17.2 Å². The summed E-state index contributed by atoms with van der Waals surface area (Å²) in [6.45, 7) is 0.301. The number of methoxy groups -OCH3 is 2. The number of nitrogens with zero attached hydrogens (tertiary/aromatic N) is 1. The Balaban J connectivity index is 1.90. The lowest BCUT2D eigenvalue weighted by atomic mass is 10.1. The van der Waals surface area contributed by atoms with Crippen molar-refractivity contribution in [1.82, 2.24) is 10.3 Å². The summed E-state index contributed by atoms with van der Waals surface area (Å²) >= 11 is 5.85. The summed E-state index contributed by atoms with van der Waals surface area (Å²) in [4.78, 5) is 16.7. The minimum Gasteiger partial charge on any atom is -0.506 e. The van der Waals surface area contributed by atoms with Gasteiger partial charge in [-0.05, 0) is 23.8 Å². The zero-order valence-corrected chi connectivity index (χ0v) is 15.0. The van der Waals surface area contributed by atoms with Gasteiger partial charge in [0.1, 0.15) is 28.3 Å². The van der Waals surface area contributed by atoms with Crippen LogP contribution in [0.2, 0.25) is 5.02 Å². The molecule has 134 valence electrons. The first-order valence-corrected chi connectivity index (χ1v) is 8.17. The fourth-order valence-electron chi connectivity index (χ4n) is 2.55. The van der Waals surface area contributed by atoms with E-state index in [-0.39, 0.29) is 11.3 Å². The highest BCUT2D eigenvalue weighted by atomic mass is 35.5. The number of halogens is 1. The monoisotopic (exact) mass is 372 g/mol. The molecule has 0 aliphatic heterocycles. The highest BCUT2D eigenvalue weighted by Gasteiger charge is 2.18. The average Bonchev–Trinajstić information content (AvgIpc) is 2.67. The first kappa shape index (κ1) is 17.8. The molecular formula is C19H17ClN2O4. The van der Waals surface area contributed by atoms with Crippen LogP contribution in [0, 0.1) is 0 Å². The van der Waals surface area contributed by atoms with E-state index in [0.29, 0.717) is 34.0 Å². The number of aromatic hydroxyl groups is 1. The Bertz CT molecular complexity index is 958. The number of nitrogens with one attached hydrogen (secondary N) is 1. The van der Waals surface area contributed by atoms with Gasteiger partial charge in [0.15, 0.2) is 0 Å². The SMILES string of the molecule is COc1cc(OC)c2ncc(C(=O)NCc3ccc(Cl)cc3)c(O)c2c1. The van der Waals surface area contributed by atoms with Gasteiger partial charge in [0, 0.05) is 23.8 Å². The second kappa shape index (κ2) is 7.49. The van der Waals surface area contributed by atoms with Crippen molar-refractivity contribution < 1.29 is 19.4 Å². The molecule has 6 nitrogen and oxygen atoms in total. The number of fused-ring (bicyclic) bond motifs is 1. The van der Waals surface area contributed by atoms with Crippen LogP contribution in [0.15, 0.2) is 42.6 Å². The van der Waals surface area contributed by atoms with Crippen molar-refractivity contribution in [2.24, 2.45) is 0 Å². The third-order valence-electron chi connectivity index (χ3n) is 3.95. The molecule has 0 bridgehead atoms. The van der Waals surface area contributed by atoms with Gasteiger partial charge in [-0.1, -0.05) is 23.7 Å². The number of rotatable bonds is 5. The Labute approximate surface area is 155 Å². The van der Waals surface area contributed by atoms with Gasteiger partial charge in [0.05, 0.1) is 19.6 Å². The zero-order chi connectivity index (χ0) is 18.7. The summed E-state index contributed by atoms with van der Waals surface area (Å²) in [5, 5.41) is 14.3. The summed E-state index contributed by atoms with van der Waals surface area (Å²) in [6, 6.07) is 10.4. The second-order valence-electron chi connectivity index (χ2n) is 5.56. The van der Waals surface area contributed by atoms with E-state index in [9.17, 15) is 9.90 Å². The molecule has 26 heavy (non-hydrogen) atoms. The van der Waals surface area contributed by atoms with Gasteiger partial charge in [0.25, 0.3) is 5.91 Å². The molecule has 0 atom stereocenters. The van der Waals surface area contributed by atoms with Crippen molar-refractivity contribution in [2.75, 3.05) is 14.2 Å². The number of hydrogen-bond acceptors (Lipinski definition) is 5. The maximum absolute atomic E-state index is 12.5. The van der Waals surface area contributed by atoms with E-state index in [1.807, 2.05) is 12.1 Å². The molecule has 0 fully saturated rings. The van der Waals surface area contributed by atoms with Crippen LogP contribution in [0.3, 0.4) is 0 Å². The number of hydrogen-bond donors (Lipinski definition) is 2. The quantitative estimate of drug-likeness (QED) is 0.716. The molecule has 0 aliphatic carbocycles. The molecule has 2 aromatic carbocycles. The van der Waals surface area contributed by atoms with Crippen molar-refractivity contribution in [1.29, 1.82) is 0 Å². The number of aromatic nitrogens is 1. The largest absolute Gasteiger partial charge is 0.506 e. The van der Waals surface area contributed by atoms with Crippen LogP contribution in [0.4, 0.5) is 0 Å². The molecule has 0 radical (unpaired) electrons. The lowest BCUT2D eigenvalue weighted by Gasteiger charge is -2.12. The minimum atomic E-state index is -0.436. The van der Waals surface area contributed by atoms with Crippen molar-refractivity contribution in [3.63, 3.8) is 0 Å². The van der Waals surface area contributed by atoms with E-state index in [2.05, 4.69) is 10.3 Å². The topological polar surface area (TPSA) is 80.7 Å². The van der Waals surface area contributed by atoms with E-state index >= 15 is 0 Å². The average molecular weight is 373 g/mol. The molecule has 0 saturated heterocycles. The normalized spacial score (nSPS) is 10.6. The molecular weight excluding hydrogens is 356 g/mol. The van der Waals surface area contributed by atoms with Crippen LogP contribution < -0.4 is 14.8 Å². The zero-order valence-electron chi connectivity index (χ0n) is 14.2. The predicted octanol–water partition coefficient (Wildman–Crippen LogP) is 3.54. The molecule has 0 aliphatic rings. The van der Waals surface area contributed by atoms with Crippen molar-refractivity contribution >= 4 is 28.4 Å². The van der Waals surface area contributed by atoms with Gasteiger partial charge < -0.3 is 19.9 Å². The third kappa shape index (κ3) is 3.50. The predicted molar refractivity (Wildman–Crippen MR) is 99.1 cm³/mol. The van der Waals surface area contributed by atoms with Crippen LogP contribution in [0.1, 0.15) is 15.9 Å². The van der Waals surface area contributed by atoms with E-state index in [0.717, 1.165) is 5.56 Å². The standard InChI is InChI=1S/C19H17ClN2O4/c1-25-13-7-14-17(16(8-13)26-2)21-10-15(18(14)23)19(24)22-9-11-3-5-12(20)6-4-11/h3-8,10H,9H2,1-2H3,(H,21,23)(H,22,24). The fourth-order valence-corrected chi connectivity index (χ4v) is 2.68. The Hall–Kier alpha value is -2.99. The molecule has 7 heteroatoms. The van der Waals surface area contributed by atoms with E-state index in [1.165, 1.54) is 20.4 Å². The molecule has 0 saturated carbocycles. The second-order valence-corrected chi connectivity index (χ2v) is 5.99. The Morgan fingerprint density at radius 3 is 2.58 bits per heavy atom. The number of amides is 1. The van der Waals surface area contributed by atoms with Gasteiger partial charge >= 0.3 is 0 Å². The Morgan fingerprint density at radius 2 is 1.92 bits per heavy atom. The maximum Gasteiger partial charge on any atom is 0.256 e. The highest BCUT2D eigenvalue weighted by molar-refractivity contribution is 6.30. The van der Waals surface area contributed by atoms with Crippen molar-refractivity contribution in [3.05, 3.63) is 58.7 Å². The number of carbonyl (C=O) groups excluding carboxylic acids is 1. The first-order valence-electron chi connectivity index (χ1n) is 7.80. The van der Waals surface area contributed by atoms with Crippen LogP contribution in [-0.4, -0.2) is 30.2 Å². The molecule has 1 aromatic heterocycles. The van der Waals surface area contributed by atoms with Crippen LogP contribution >= 0.6 is 11.6 Å². The molecule has 2 N–H and O–H groups in total. The van der Waals surface area contributed by atoms with Crippen molar-refractivity contribution in [2.45, 2.75) is 6.54 Å². The number of ether oxygens (including phenoxy) is 2. The third-order valence-corrected chi connectivity index (χ3v) is 4.20. The minimum absolute atomic E-state index is 0.0711. The summed E-state index contributed by atoms with van der Waals surface area (Å²) in [6.07, 6.45) is 1.32. The lowest BCUT2D eigenvalue weighted by molar-refractivity contribution is 0.0948. The molecule has 1 heterocycles. The first-order chi connectivity index (χ1) is 12.5. The molecule has 0 spiro atoms. The maximum atomic E-state index is 12.5. The Morgan fingerprint density at radius 1 is 1.19 bits per heavy atom. The summed E-state index contributed by atoms with van der Waals surface area (Å²) in [5.41, 5.74) is 1.40. The summed E-state index contributed by atoms with van der Waals surface area (Å²) in [5.74, 6) is 0.322.